The Morgan fingerprint density at radius 2 is 2.21 bits per heavy atom. The SMILES string of the molecule is CCCN1C(=O)CCCN1CCCN. The number of rotatable bonds is 5. The average molecular weight is 199 g/mol. The number of carbonyl (C=O) groups excluding carboxylic acids is 1. The van der Waals surface area contributed by atoms with Crippen molar-refractivity contribution in [3.8, 4) is 0 Å². The molecule has 0 saturated carbocycles. The van der Waals surface area contributed by atoms with E-state index >= 15 is 0 Å². The molecule has 0 spiro atoms. The molecule has 4 nitrogen and oxygen atoms in total. The normalized spacial score (nSPS) is 19.0. The quantitative estimate of drug-likeness (QED) is 0.705. The number of hydrazine groups is 1. The minimum absolute atomic E-state index is 0.273. The molecule has 1 rings (SSSR count). The smallest absolute Gasteiger partial charge is 0.236 e. The Kier molecular flexibility index (Phi) is 4.90. The van der Waals surface area contributed by atoms with Crippen LogP contribution >= 0.6 is 0 Å². The summed E-state index contributed by atoms with van der Waals surface area (Å²) >= 11 is 0. The van der Waals surface area contributed by atoms with Crippen LogP contribution in [0.5, 0.6) is 0 Å². The molecule has 1 fully saturated rings. The monoisotopic (exact) mass is 199 g/mol. The fraction of sp³-hybridized carbons (Fsp3) is 0.900. The number of carbonyl (C=O) groups is 1. The van der Waals surface area contributed by atoms with E-state index in [0.717, 1.165) is 38.9 Å². The lowest BCUT2D eigenvalue weighted by atomic mass is 10.2. The Labute approximate surface area is 86.0 Å². The van der Waals surface area contributed by atoms with Crippen LogP contribution in [-0.2, 0) is 4.79 Å². The Morgan fingerprint density at radius 3 is 2.86 bits per heavy atom. The van der Waals surface area contributed by atoms with Crippen LogP contribution < -0.4 is 5.73 Å². The predicted octanol–water partition coefficient (Wildman–Crippen LogP) is 0.585. The second-order valence-corrected chi connectivity index (χ2v) is 3.72. The summed E-state index contributed by atoms with van der Waals surface area (Å²) in [4.78, 5) is 11.6. The highest BCUT2D eigenvalue weighted by Gasteiger charge is 2.24. The van der Waals surface area contributed by atoms with Gasteiger partial charge < -0.3 is 5.73 Å². The van der Waals surface area contributed by atoms with Gasteiger partial charge >= 0.3 is 0 Å². The van der Waals surface area contributed by atoms with Gasteiger partial charge in [-0.1, -0.05) is 6.92 Å². The molecule has 0 atom stereocenters. The van der Waals surface area contributed by atoms with E-state index in [2.05, 4.69) is 11.9 Å². The van der Waals surface area contributed by atoms with Crippen LogP contribution in [0.3, 0.4) is 0 Å². The van der Waals surface area contributed by atoms with Crippen molar-refractivity contribution in [3.63, 3.8) is 0 Å². The summed E-state index contributed by atoms with van der Waals surface area (Å²) < 4.78 is 0. The summed E-state index contributed by atoms with van der Waals surface area (Å²) in [5, 5.41) is 4.06. The topological polar surface area (TPSA) is 49.6 Å². The molecule has 1 aliphatic heterocycles. The molecule has 14 heavy (non-hydrogen) atoms. The molecule has 1 aliphatic rings. The van der Waals surface area contributed by atoms with Crippen LogP contribution in [0, 0.1) is 0 Å². The number of hydrogen-bond acceptors (Lipinski definition) is 3. The van der Waals surface area contributed by atoms with Crippen molar-refractivity contribution < 1.29 is 4.79 Å². The van der Waals surface area contributed by atoms with Gasteiger partial charge in [0.1, 0.15) is 0 Å². The summed E-state index contributed by atoms with van der Waals surface area (Å²) in [5.74, 6) is 0.273. The van der Waals surface area contributed by atoms with E-state index in [1.54, 1.807) is 0 Å². The van der Waals surface area contributed by atoms with Crippen molar-refractivity contribution in [1.29, 1.82) is 0 Å². The summed E-state index contributed by atoms with van der Waals surface area (Å²) in [7, 11) is 0. The summed E-state index contributed by atoms with van der Waals surface area (Å²) in [5.41, 5.74) is 5.47. The molecule has 1 heterocycles. The van der Waals surface area contributed by atoms with Crippen molar-refractivity contribution in [2.24, 2.45) is 5.73 Å². The predicted molar refractivity (Wildman–Crippen MR) is 56.5 cm³/mol. The van der Waals surface area contributed by atoms with E-state index in [0.29, 0.717) is 13.0 Å². The second kappa shape index (κ2) is 5.98. The number of amides is 1. The van der Waals surface area contributed by atoms with Gasteiger partial charge in [-0.3, -0.25) is 9.80 Å². The molecule has 1 saturated heterocycles. The molecule has 0 unspecified atom stereocenters. The van der Waals surface area contributed by atoms with Crippen LogP contribution in [0.15, 0.2) is 0 Å². The number of nitrogens with zero attached hydrogens (tertiary/aromatic N) is 2. The lowest BCUT2D eigenvalue weighted by Gasteiger charge is -2.38. The lowest BCUT2D eigenvalue weighted by molar-refractivity contribution is -0.155. The van der Waals surface area contributed by atoms with Crippen molar-refractivity contribution >= 4 is 5.91 Å². The van der Waals surface area contributed by atoms with E-state index in [9.17, 15) is 4.79 Å². The van der Waals surface area contributed by atoms with Crippen molar-refractivity contribution in [2.75, 3.05) is 26.2 Å². The van der Waals surface area contributed by atoms with Gasteiger partial charge in [-0.2, -0.15) is 0 Å². The number of hydrogen-bond donors (Lipinski definition) is 1. The third-order valence-electron chi connectivity index (χ3n) is 2.49. The highest BCUT2D eigenvalue weighted by Crippen LogP contribution is 2.12. The fourth-order valence-electron chi connectivity index (χ4n) is 1.80. The van der Waals surface area contributed by atoms with E-state index in [4.69, 9.17) is 5.73 Å². The molecule has 0 aromatic carbocycles. The van der Waals surface area contributed by atoms with Crippen molar-refractivity contribution in [2.45, 2.75) is 32.6 Å². The maximum Gasteiger partial charge on any atom is 0.236 e. The molecule has 0 aromatic rings. The molecular formula is C10H21N3O. The van der Waals surface area contributed by atoms with Crippen molar-refractivity contribution in [1.82, 2.24) is 10.0 Å². The van der Waals surface area contributed by atoms with Crippen molar-refractivity contribution in [3.05, 3.63) is 0 Å². The van der Waals surface area contributed by atoms with Gasteiger partial charge in [-0.15, -0.1) is 0 Å². The molecule has 2 N–H and O–H groups in total. The third kappa shape index (κ3) is 2.96. The molecule has 0 aromatic heterocycles. The maximum atomic E-state index is 11.6. The standard InChI is InChI=1S/C10H21N3O/c1-2-7-13-10(14)5-3-8-12(13)9-4-6-11/h2-9,11H2,1H3. The Morgan fingerprint density at radius 1 is 1.43 bits per heavy atom. The Balaban J connectivity index is 2.46. The molecule has 0 radical (unpaired) electrons. The molecule has 0 aliphatic carbocycles. The maximum absolute atomic E-state index is 11.6. The first-order valence-corrected chi connectivity index (χ1v) is 5.55. The first kappa shape index (κ1) is 11.5. The third-order valence-corrected chi connectivity index (χ3v) is 2.49. The van der Waals surface area contributed by atoms with Gasteiger partial charge in [-0.05, 0) is 25.8 Å². The van der Waals surface area contributed by atoms with Gasteiger partial charge in [0.25, 0.3) is 0 Å². The van der Waals surface area contributed by atoms with Gasteiger partial charge in [0, 0.05) is 26.1 Å². The molecule has 82 valence electrons. The largest absolute Gasteiger partial charge is 0.330 e. The van der Waals surface area contributed by atoms with E-state index in [-0.39, 0.29) is 5.91 Å². The first-order valence-electron chi connectivity index (χ1n) is 5.55. The zero-order chi connectivity index (χ0) is 10.4. The first-order chi connectivity index (χ1) is 6.79. The fourth-order valence-corrected chi connectivity index (χ4v) is 1.80. The number of nitrogens with two attached hydrogens (primary N) is 1. The van der Waals surface area contributed by atoms with E-state index < -0.39 is 0 Å². The zero-order valence-corrected chi connectivity index (χ0v) is 9.04. The van der Waals surface area contributed by atoms with Crippen LogP contribution in [0.2, 0.25) is 0 Å². The average Bonchev–Trinajstić information content (AvgIpc) is 2.19. The van der Waals surface area contributed by atoms with E-state index in [1.807, 2.05) is 5.01 Å². The van der Waals surface area contributed by atoms with Crippen LogP contribution in [0.4, 0.5) is 0 Å². The van der Waals surface area contributed by atoms with Gasteiger partial charge in [0.05, 0.1) is 0 Å². The molecule has 1 amide bonds. The summed E-state index contributed by atoms with van der Waals surface area (Å²) in [6.45, 7) is 5.57. The van der Waals surface area contributed by atoms with Gasteiger partial charge in [0.15, 0.2) is 0 Å². The zero-order valence-electron chi connectivity index (χ0n) is 9.04. The Hall–Kier alpha value is -0.610. The van der Waals surface area contributed by atoms with E-state index in [1.165, 1.54) is 0 Å². The van der Waals surface area contributed by atoms with Gasteiger partial charge in [-0.25, -0.2) is 5.01 Å². The minimum atomic E-state index is 0.273. The highest BCUT2D eigenvalue weighted by molar-refractivity contribution is 5.76. The van der Waals surface area contributed by atoms with Crippen LogP contribution in [0.25, 0.3) is 0 Å². The molecule has 4 heteroatoms. The second-order valence-electron chi connectivity index (χ2n) is 3.72. The molecule has 0 bridgehead atoms. The molecular weight excluding hydrogens is 178 g/mol. The summed E-state index contributed by atoms with van der Waals surface area (Å²) in [6, 6.07) is 0. The van der Waals surface area contributed by atoms with Gasteiger partial charge in [0.2, 0.25) is 5.91 Å². The Bertz CT molecular complexity index is 184. The van der Waals surface area contributed by atoms with Crippen LogP contribution in [-0.4, -0.2) is 42.1 Å². The summed E-state index contributed by atoms with van der Waals surface area (Å²) in [6.07, 6.45) is 3.68. The minimum Gasteiger partial charge on any atom is -0.330 e. The van der Waals surface area contributed by atoms with Crippen LogP contribution in [0.1, 0.15) is 32.6 Å². The lowest BCUT2D eigenvalue weighted by Crippen LogP contribution is -2.51. The highest BCUT2D eigenvalue weighted by atomic mass is 16.2.